The van der Waals surface area contributed by atoms with Gasteiger partial charge >= 0.3 is 6.18 Å². The molecular formula is C13H14F3NOS. The van der Waals surface area contributed by atoms with Crippen LogP contribution < -0.4 is 0 Å². The molecule has 6 heteroatoms. The number of rotatable bonds is 2. The Morgan fingerprint density at radius 1 is 1.26 bits per heavy atom. The monoisotopic (exact) mass is 289 g/mol. The molecule has 0 bridgehead atoms. The van der Waals surface area contributed by atoms with Crippen molar-refractivity contribution in [2.75, 3.05) is 13.7 Å². The van der Waals surface area contributed by atoms with Crippen LogP contribution in [0.15, 0.2) is 34.9 Å². The number of aliphatic hydroxyl groups is 1. The molecule has 1 aliphatic heterocycles. The minimum Gasteiger partial charge on any atom is -0.391 e. The molecule has 19 heavy (non-hydrogen) atoms. The van der Waals surface area contributed by atoms with Gasteiger partial charge in [0.2, 0.25) is 0 Å². The summed E-state index contributed by atoms with van der Waals surface area (Å²) in [6.45, 7) is 1.85. The molecule has 0 saturated carbocycles. The number of halogens is 3. The lowest BCUT2D eigenvalue weighted by Gasteiger charge is -2.23. The van der Waals surface area contributed by atoms with E-state index in [1.165, 1.54) is 23.9 Å². The molecule has 0 amide bonds. The highest BCUT2D eigenvalue weighted by Crippen LogP contribution is 2.46. The first kappa shape index (κ1) is 14.3. The molecule has 0 aliphatic carbocycles. The van der Waals surface area contributed by atoms with E-state index in [-0.39, 0.29) is 12.0 Å². The topological polar surface area (TPSA) is 23.5 Å². The normalized spacial score (nSPS) is 20.3. The average Bonchev–Trinajstić information content (AvgIpc) is 2.65. The van der Waals surface area contributed by atoms with E-state index in [1.807, 2.05) is 18.9 Å². The number of hydrogen-bond donors (Lipinski definition) is 1. The second kappa shape index (κ2) is 5.09. The van der Waals surface area contributed by atoms with Crippen molar-refractivity contribution in [3.05, 3.63) is 46.0 Å². The van der Waals surface area contributed by atoms with Crippen LogP contribution in [-0.2, 0) is 6.18 Å². The number of hydrogen-bond acceptors (Lipinski definition) is 3. The van der Waals surface area contributed by atoms with E-state index < -0.39 is 11.7 Å². The van der Waals surface area contributed by atoms with Crippen LogP contribution >= 0.6 is 11.8 Å². The van der Waals surface area contributed by atoms with Crippen molar-refractivity contribution in [2.45, 2.75) is 18.5 Å². The maximum atomic E-state index is 12.5. The van der Waals surface area contributed by atoms with E-state index in [0.29, 0.717) is 0 Å². The zero-order chi connectivity index (χ0) is 14.2. The SMILES string of the molecule is CC1=C(CO)SC(c2ccc(C(F)(F)F)cc2)N1C. The van der Waals surface area contributed by atoms with E-state index in [1.54, 1.807) is 0 Å². The van der Waals surface area contributed by atoms with E-state index in [4.69, 9.17) is 0 Å². The van der Waals surface area contributed by atoms with Crippen molar-refractivity contribution in [3.63, 3.8) is 0 Å². The number of aliphatic hydroxyl groups excluding tert-OH is 1. The Labute approximate surface area is 113 Å². The van der Waals surface area contributed by atoms with Gasteiger partial charge in [-0.05, 0) is 24.6 Å². The Kier molecular flexibility index (Phi) is 3.82. The number of allylic oxidation sites excluding steroid dienone is 1. The van der Waals surface area contributed by atoms with Crippen LogP contribution in [0.25, 0.3) is 0 Å². The van der Waals surface area contributed by atoms with Crippen LogP contribution in [0.1, 0.15) is 23.4 Å². The predicted molar refractivity (Wildman–Crippen MR) is 69.3 cm³/mol. The molecule has 1 aromatic carbocycles. The minimum absolute atomic E-state index is 0.0437. The molecule has 1 aliphatic rings. The van der Waals surface area contributed by atoms with Gasteiger partial charge < -0.3 is 10.0 Å². The third kappa shape index (κ3) is 2.74. The number of nitrogens with zero attached hydrogens (tertiary/aromatic N) is 1. The molecule has 2 rings (SSSR count). The summed E-state index contributed by atoms with van der Waals surface area (Å²) in [4.78, 5) is 2.81. The minimum atomic E-state index is -4.31. The summed E-state index contributed by atoms with van der Waals surface area (Å²) in [6, 6.07) is 5.17. The van der Waals surface area contributed by atoms with Gasteiger partial charge in [-0.3, -0.25) is 0 Å². The molecule has 1 unspecified atom stereocenters. The molecule has 1 heterocycles. The Bertz CT molecular complexity index is 496. The van der Waals surface area contributed by atoms with Crippen molar-refractivity contribution in [1.29, 1.82) is 0 Å². The van der Waals surface area contributed by atoms with Crippen LogP contribution in [0.4, 0.5) is 13.2 Å². The first-order valence-electron chi connectivity index (χ1n) is 5.72. The molecule has 0 radical (unpaired) electrons. The first-order valence-corrected chi connectivity index (χ1v) is 6.60. The third-order valence-corrected chi connectivity index (χ3v) is 4.73. The van der Waals surface area contributed by atoms with Crippen LogP contribution in [0, 0.1) is 0 Å². The highest BCUT2D eigenvalue weighted by atomic mass is 32.2. The molecule has 1 aromatic rings. The fourth-order valence-corrected chi connectivity index (χ4v) is 3.22. The average molecular weight is 289 g/mol. The lowest BCUT2D eigenvalue weighted by atomic mass is 10.1. The first-order chi connectivity index (χ1) is 8.84. The lowest BCUT2D eigenvalue weighted by Crippen LogP contribution is -2.16. The van der Waals surface area contributed by atoms with Crippen molar-refractivity contribution in [1.82, 2.24) is 4.90 Å². The van der Waals surface area contributed by atoms with Gasteiger partial charge in [-0.1, -0.05) is 23.9 Å². The third-order valence-electron chi connectivity index (χ3n) is 3.21. The molecule has 104 valence electrons. The predicted octanol–water partition coefficient (Wildman–Crippen LogP) is 3.61. The van der Waals surface area contributed by atoms with Gasteiger partial charge in [-0.15, -0.1) is 0 Å². The van der Waals surface area contributed by atoms with Crippen molar-refractivity contribution < 1.29 is 18.3 Å². The summed E-state index contributed by atoms with van der Waals surface area (Å²) in [6.07, 6.45) is -4.31. The quantitative estimate of drug-likeness (QED) is 0.899. The number of thioether (sulfide) groups is 1. The molecule has 0 fully saturated rings. The fourth-order valence-electron chi connectivity index (χ4n) is 1.95. The standard InChI is InChI=1S/C13H14F3NOS/c1-8-11(7-18)19-12(17(8)2)9-3-5-10(6-4-9)13(14,15)16/h3-6,12,18H,7H2,1-2H3. The van der Waals surface area contributed by atoms with Crippen LogP contribution in [-0.4, -0.2) is 23.7 Å². The van der Waals surface area contributed by atoms with E-state index >= 15 is 0 Å². The van der Waals surface area contributed by atoms with Gasteiger partial charge in [0.05, 0.1) is 12.2 Å². The van der Waals surface area contributed by atoms with Gasteiger partial charge in [0, 0.05) is 17.6 Å². The second-order valence-electron chi connectivity index (χ2n) is 4.37. The maximum Gasteiger partial charge on any atom is 0.416 e. The highest BCUT2D eigenvalue weighted by molar-refractivity contribution is 8.03. The van der Waals surface area contributed by atoms with Gasteiger partial charge in [0.25, 0.3) is 0 Å². The molecule has 1 atom stereocenters. The van der Waals surface area contributed by atoms with Gasteiger partial charge in [0.1, 0.15) is 5.37 Å². The van der Waals surface area contributed by atoms with Crippen molar-refractivity contribution >= 4 is 11.8 Å². The smallest absolute Gasteiger partial charge is 0.391 e. The molecule has 1 N–H and O–H groups in total. The maximum absolute atomic E-state index is 12.5. The zero-order valence-corrected chi connectivity index (χ0v) is 11.3. The van der Waals surface area contributed by atoms with Crippen LogP contribution in [0.5, 0.6) is 0 Å². The fraction of sp³-hybridized carbons (Fsp3) is 0.385. The molecule has 2 nitrogen and oxygen atoms in total. The summed E-state index contributed by atoms with van der Waals surface area (Å²) < 4.78 is 37.5. The van der Waals surface area contributed by atoms with E-state index in [9.17, 15) is 18.3 Å². The second-order valence-corrected chi connectivity index (χ2v) is 5.54. The highest BCUT2D eigenvalue weighted by Gasteiger charge is 2.32. The van der Waals surface area contributed by atoms with Gasteiger partial charge in [0.15, 0.2) is 0 Å². The summed E-state index contributed by atoms with van der Waals surface area (Å²) >= 11 is 1.47. The number of alkyl halides is 3. The largest absolute Gasteiger partial charge is 0.416 e. The lowest BCUT2D eigenvalue weighted by molar-refractivity contribution is -0.137. The van der Waals surface area contributed by atoms with E-state index in [0.717, 1.165) is 28.3 Å². The molecule has 0 aromatic heterocycles. The Morgan fingerprint density at radius 3 is 2.26 bits per heavy atom. The number of benzene rings is 1. The Morgan fingerprint density at radius 2 is 1.84 bits per heavy atom. The van der Waals surface area contributed by atoms with Crippen LogP contribution in [0.3, 0.4) is 0 Å². The molecular weight excluding hydrogens is 275 g/mol. The Hall–Kier alpha value is -1.14. The summed E-state index contributed by atoms with van der Waals surface area (Å²) in [5.74, 6) is 0. The zero-order valence-electron chi connectivity index (χ0n) is 10.5. The summed E-state index contributed by atoms with van der Waals surface area (Å²) in [7, 11) is 1.87. The molecule has 0 spiro atoms. The van der Waals surface area contributed by atoms with Crippen LogP contribution in [0.2, 0.25) is 0 Å². The van der Waals surface area contributed by atoms with E-state index in [2.05, 4.69) is 0 Å². The summed E-state index contributed by atoms with van der Waals surface area (Å²) in [5.41, 5.74) is 1.11. The summed E-state index contributed by atoms with van der Waals surface area (Å²) in [5, 5.41) is 9.14. The molecule has 0 saturated heterocycles. The van der Waals surface area contributed by atoms with Crippen molar-refractivity contribution in [3.8, 4) is 0 Å². The van der Waals surface area contributed by atoms with Gasteiger partial charge in [-0.2, -0.15) is 13.2 Å². The van der Waals surface area contributed by atoms with Gasteiger partial charge in [-0.25, -0.2) is 0 Å². The Balaban J connectivity index is 2.21. The van der Waals surface area contributed by atoms with Crippen molar-refractivity contribution in [2.24, 2.45) is 0 Å².